The maximum Gasteiger partial charge on any atom is 0.138 e. The predicted molar refractivity (Wildman–Crippen MR) is 62.4 cm³/mol. The van der Waals surface area contributed by atoms with Crippen LogP contribution in [0.1, 0.15) is 0 Å². The average Bonchev–Trinajstić information content (AvgIpc) is 2.31. The Morgan fingerprint density at radius 1 is 1.19 bits per heavy atom. The Labute approximate surface area is 95.3 Å². The fourth-order valence-corrected chi connectivity index (χ4v) is 1.98. The number of hydrogen-bond acceptors (Lipinski definition) is 4. The lowest BCUT2D eigenvalue weighted by molar-refractivity contribution is 0.286. The molecular formula is C12H15N3O. The molecule has 1 aliphatic rings. The third-order valence-electron chi connectivity index (χ3n) is 2.89. The molecule has 2 rings (SSSR count). The number of piperazine rings is 1. The van der Waals surface area contributed by atoms with Crippen LogP contribution in [-0.4, -0.2) is 42.7 Å². The molecule has 1 aliphatic heterocycles. The largest absolute Gasteiger partial charge is 0.506 e. The summed E-state index contributed by atoms with van der Waals surface area (Å²) in [5.74, 6) is 0.330. The maximum atomic E-state index is 9.72. The van der Waals surface area contributed by atoms with Gasteiger partial charge in [0, 0.05) is 26.2 Å². The van der Waals surface area contributed by atoms with Gasteiger partial charge in [-0.05, 0) is 12.1 Å². The van der Waals surface area contributed by atoms with Crippen molar-refractivity contribution >= 4 is 5.69 Å². The molecule has 1 aromatic carbocycles. The first kappa shape index (κ1) is 10.8. The normalized spacial score (nSPS) is 17.1. The highest BCUT2D eigenvalue weighted by molar-refractivity contribution is 5.57. The Bertz CT molecular complexity index is 391. The van der Waals surface area contributed by atoms with E-state index in [9.17, 15) is 5.11 Å². The highest BCUT2D eigenvalue weighted by atomic mass is 16.3. The number of phenols is 1. The van der Waals surface area contributed by atoms with E-state index in [1.807, 2.05) is 18.2 Å². The monoisotopic (exact) mass is 217 g/mol. The van der Waals surface area contributed by atoms with Crippen LogP contribution in [0.3, 0.4) is 0 Å². The van der Waals surface area contributed by atoms with Crippen LogP contribution in [0.5, 0.6) is 5.75 Å². The topological polar surface area (TPSA) is 50.5 Å². The molecule has 0 unspecified atom stereocenters. The molecule has 1 saturated heterocycles. The number of para-hydroxylation sites is 2. The van der Waals surface area contributed by atoms with Gasteiger partial charge in [0.15, 0.2) is 0 Å². The number of hydrogen-bond donors (Lipinski definition) is 1. The third kappa shape index (κ3) is 2.26. The fraction of sp³-hybridized carbons (Fsp3) is 0.417. The van der Waals surface area contributed by atoms with Crippen molar-refractivity contribution in [3.63, 3.8) is 0 Å². The van der Waals surface area contributed by atoms with Gasteiger partial charge >= 0.3 is 0 Å². The lowest BCUT2D eigenvalue weighted by Crippen LogP contribution is -2.46. The van der Waals surface area contributed by atoms with Crippen LogP contribution in [0.15, 0.2) is 24.3 Å². The van der Waals surface area contributed by atoms with Crippen molar-refractivity contribution in [2.24, 2.45) is 0 Å². The Kier molecular flexibility index (Phi) is 3.28. The molecule has 4 heteroatoms. The van der Waals surface area contributed by atoms with Gasteiger partial charge in [-0.2, -0.15) is 5.26 Å². The Balaban J connectivity index is 2.00. The SMILES string of the molecule is N#CCN1CCN(c2ccccc2O)CC1. The summed E-state index contributed by atoms with van der Waals surface area (Å²) in [6, 6.07) is 9.54. The zero-order valence-corrected chi connectivity index (χ0v) is 9.13. The van der Waals surface area contributed by atoms with Gasteiger partial charge in [-0.15, -0.1) is 0 Å². The molecule has 0 atom stereocenters. The Morgan fingerprint density at radius 3 is 2.50 bits per heavy atom. The van der Waals surface area contributed by atoms with E-state index in [0.29, 0.717) is 12.3 Å². The molecule has 1 fully saturated rings. The van der Waals surface area contributed by atoms with E-state index >= 15 is 0 Å². The fourth-order valence-electron chi connectivity index (χ4n) is 1.98. The molecule has 4 nitrogen and oxygen atoms in total. The van der Waals surface area contributed by atoms with Crippen LogP contribution in [-0.2, 0) is 0 Å². The van der Waals surface area contributed by atoms with Crippen LogP contribution < -0.4 is 4.90 Å². The predicted octanol–water partition coefficient (Wildman–Crippen LogP) is 1.04. The van der Waals surface area contributed by atoms with Crippen molar-refractivity contribution in [1.82, 2.24) is 4.90 Å². The van der Waals surface area contributed by atoms with Crippen LogP contribution in [0.2, 0.25) is 0 Å². The lowest BCUT2D eigenvalue weighted by Gasteiger charge is -2.35. The second kappa shape index (κ2) is 4.86. The average molecular weight is 217 g/mol. The molecule has 1 aromatic rings. The number of nitriles is 1. The van der Waals surface area contributed by atoms with Gasteiger partial charge in [0.2, 0.25) is 0 Å². The Hall–Kier alpha value is -1.73. The summed E-state index contributed by atoms with van der Waals surface area (Å²) in [5, 5.41) is 18.3. The highest BCUT2D eigenvalue weighted by Crippen LogP contribution is 2.26. The van der Waals surface area contributed by atoms with E-state index in [0.717, 1.165) is 31.9 Å². The summed E-state index contributed by atoms with van der Waals surface area (Å²) >= 11 is 0. The van der Waals surface area contributed by atoms with E-state index in [4.69, 9.17) is 5.26 Å². The van der Waals surface area contributed by atoms with Gasteiger partial charge in [-0.25, -0.2) is 0 Å². The van der Waals surface area contributed by atoms with Crippen LogP contribution >= 0.6 is 0 Å². The van der Waals surface area contributed by atoms with E-state index in [1.54, 1.807) is 6.07 Å². The number of nitrogens with zero attached hydrogens (tertiary/aromatic N) is 3. The number of rotatable bonds is 2. The first-order valence-electron chi connectivity index (χ1n) is 5.43. The second-order valence-electron chi connectivity index (χ2n) is 3.91. The minimum Gasteiger partial charge on any atom is -0.506 e. The summed E-state index contributed by atoms with van der Waals surface area (Å²) in [5.41, 5.74) is 0.888. The lowest BCUT2D eigenvalue weighted by atomic mass is 10.2. The van der Waals surface area contributed by atoms with Crippen LogP contribution in [0.4, 0.5) is 5.69 Å². The Morgan fingerprint density at radius 2 is 1.88 bits per heavy atom. The molecular weight excluding hydrogens is 202 g/mol. The van der Waals surface area contributed by atoms with Crippen molar-refractivity contribution in [1.29, 1.82) is 5.26 Å². The first-order chi connectivity index (χ1) is 7.81. The van der Waals surface area contributed by atoms with Crippen molar-refractivity contribution in [3.8, 4) is 11.8 Å². The van der Waals surface area contributed by atoms with E-state index in [2.05, 4.69) is 15.9 Å². The van der Waals surface area contributed by atoms with Gasteiger partial charge in [-0.3, -0.25) is 4.90 Å². The van der Waals surface area contributed by atoms with Crippen LogP contribution in [0, 0.1) is 11.3 Å². The highest BCUT2D eigenvalue weighted by Gasteiger charge is 2.18. The summed E-state index contributed by atoms with van der Waals surface area (Å²) < 4.78 is 0. The molecule has 0 bridgehead atoms. The van der Waals surface area contributed by atoms with Crippen molar-refractivity contribution in [2.75, 3.05) is 37.6 Å². The second-order valence-corrected chi connectivity index (χ2v) is 3.91. The molecule has 1 N–H and O–H groups in total. The summed E-state index contributed by atoms with van der Waals surface area (Å²) in [4.78, 5) is 4.28. The molecule has 0 aliphatic carbocycles. The summed E-state index contributed by atoms with van der Waals surface area (Å²) in [6.45, 7) is 3.97. The van der Waals surface area contributed by atoms with Gasteiger partial charge in [0.1, 0.15) is 5.75 Å². The van der Waals surface area contributed by atoms with Crippen LogP contribution in [0.25, 0.3) is 0 Å². The summed E-state index contributed by atoms with van der Waals surface area (Å²) in [7, 11) is 0. The van der Waals surface area contributed by atoms with Crippen molar-refractivity contribution in [2.45, 2.75) is 0 Å². The molecule has 1 heterocycles. The zero-order valence-electron chi connectivity index (χ0n) is 9.13. The molecule has 0 saturated carbocycles. The van der Waals surface area contributed by atoms with E-state index in [-0.39, 0.29) is 0 Å². The van der Waals surface area contributed by atoms with E-state index < -0.39 is 0 Å². The molecule has 16 heavy (non-hydrogen) atoms. The molecule has 0 radical (unpaired) electrons. The smallest absolute Gasteiger partial charge is 0.138 e. The van der Waals surface area contributed by atoms with Crippen molar-refractivity contribution in [3.05, 3.63) is 24.3 Å². The number of phenolic OH excluding ortho intramolecular Hbond substituents is 1. The third-order valence-corrected chi connectivity index (χ3v) is 2.89. The molecule has 0 amide bonds. The van der Waals surface area contributed by atoms with Gasteiger partial charge in [0.05, 0.1) is 18.3 Å². The molecule has 84 valence electrons. The first-order valence-corrected chi connectivity index (χ1v) is 5.43. The van der Waals surface area contributed by atoms with Gasteiger partial charge < -0.3 is 10.0 Å². The van der Waals surface area contributed by atoms with E-state index in [1.165, 1.54) is 0 Å². The summed E-state index contributed by atoms with van der Waals surface area (Å²) in [6.07, 6.45) is 0. The van der Waals surface area contributed by atoms with Crippen molar-refractivity contribution < 1.29 is 5.11 Å². The number of anilines is 1. The minimum absolute atomic E-state index is 0.330. The molecule has 0 spiro atoms. The quantitative estimate of drug-likeness (QED) is 0.752. The molecule has 0 aromatic heterocycles. The van der Waals surface area contributed by atoms with Gasteiger partial charge in [-0.1, -0.05) is 12.1 Å². The van der Waals surface area contributed by atoms with Gasteiger partial charge in [0.25, 0.3) is 0 Å². The minimum atomic E-state index is 0.330. The standard InChI is InChI=1S/C12H15N3O/c13-5-6-14-7-9-15(10-8-14)11-3-1-2-4-12(11)16/h1-4,16H,6-10H2. The maximum absolute atomic E-state index is 9.72. The zero-order chi connectivity index (χ0) is 11.4. The number of benzene rings is 1. The number of aromatic hydroxyl groups is 1.